The summed E-state index contributed by atoms with van der Waals surface area (Å²) in [5.41, 5.74) is 3.23. The van der Waals surface area contributed by atoms with Crippen molar-refractivity contribution in [1.29, 1.82) is 0 Å². The average Bonchev–Trinajstić information content (AvgIpc) is 3.19. The predicted molar refractivity (Wildman–Crippen MR) is 193 cm³/mol. The first-order chi connectivity index (χ1) is 23.6. The fraction of sp³-hybridized carbons (Fsp3) is 0.487. The predicted octanol–water partition coefficient (Wildman–Crippen LogP) is 6.46. The lowest BCUT2D eigenvalue weighted by atomic mass is 9.94. The van der Waals surface area contributed by atoms with Crippen LogP contribution in [0, 0.1) is 5.41 Å². The third-order valence-electron chi connectivity index (χ3n) is 8.67. The molecule has 1 saturated heterocycles. The zero-order chi connectivity index (χ0) is 34.8. The maximum absolute atomic E-state index is 14.3. The number of para-hydroxylation sites is 1. The highest BCUT2D eigenvalue weighted by Crippen LogP contribution is 2.45. The van der Waals surface area contributed by atoms with Gasteiger partial charge in [-0.3, -0.25) is 9.59 Å². The van der Waals surface area contributed by atoms with Crippen molar-refractivity contribution >= 4 is 29.1 Å². The van der Waals surface area contributed by atoms with Gasteiger partial charge in [0.1, 0.15) is 12.2 Å². The van der Waals surface area contributed by atoms with Crippen molar-refractivity contribution in [2.45, 2.75) is 58.7 Å². The monoisotopic (exact) mass is 691 g/mol. The molecule has 3 aromatic rings. The molecule has 10 heteroatoms. The fourth-order valence-corrected chi connectivity index (χ4v) is 6.50. The molecular formula is C39H50ClN3O6. The summed E-state index contributed by atoms with van der Waals surface area (Å²) < 4.78 is 24.4. The van der Waals surface area contributed by atoms with Crippen molar-refractivity contribution < 1.29 is 28.5 Å². The standard InChI is InChI=1S/C39H50ClN3O6/c1-39(2,3)27-43-32-17-16-29(40)25-31(32)36(49-34(38(43)45)26-35(44)42-20-23-47-24-21-42)30-14-8-15-33(37(30)46-4)48-22-10-19-41-18-9-13-28-11-6-5-7-12-28/h5-8,11-12,14-17,25,34,36,41H,9-10,13,18-24,26-27H2,1-4H3/t34-,36-/m1/s1. The Labute approximate surface area is 295 Å². The molecule has 2 amide bonds. The smallest absolute Gasteiger partial charge is 0.256 e. The van der Waals surface area contributed by atoms with Crippen LogP contribution in [0.5, 0.6) is 11.5 Å². The summed E-state index contributed by atoms with van der Waals surface area (Å²) in [6.45, 7) is 10.9. The van der Waals surface area contributed by atoms with Crippen molar-refractivity contribution in [3.05, 3.63) is 88.4 Å². The second-order valence-electron chi connectivity index (χ2n) is 13.8. The molecule has 0 spiro atoms. The molecule has 0 unspecified atom stereocenters. The van der Waals surface area contributed by atoms with Crippen LogP contribution in [0.1, 0.15) is 62.8 Å². The molecule has 1 fully saturated rings. The molecule has 3 aromatic carbocycles. The lowest BCUT2D eigenvalue weighted by molar-refractivity contribution is -0.145. The largest absolute Gasteiger partial charge is 0.492 e. The number of carbonyl (C=O) groups excluding carboxylic acids is 2. The van der Waals surface area contributed by atoms with Gasteiger partial charge in [0.25, 0.3) is 5.91 Å². The number of nitrogens with zero attached hydrogens (tertiary/aromatic N) is 2. The van der Waals surface area contributed by atoms with Crippen molar-refractivity contribution in [3.63, 3.8) is 0 Å². The number of rotatable bonds is 14. The first kappa shape index (κ1) is 36.6. The van der Waals surface area contributed by atoms with Gasteiger partial charge in [-0.2, -0.15) is 0 Å². The molecule has 0 aliphatic carbocycles. The topological polar surface area (TPSA) is 89.6 Å². The molecule has 0 aromatic heterocycles. The number of fused-ring (bicyclic) bond motifs is 1. The highest BCUT2D eigenvalue weighted by molar-refractivity contribution is 6.30. The van der Waals surface area contributed by atoms with Crippen LogP contribution in [0.2, 0.25) is 5.02 Å². The first-order valence-corrected chi connectivity index (χ1v) is 17.7. The summed E-state index contributed by atoms with van der Waals surface area (Å²) in [6, 6.07) is 21.7. The van der Waals surface area contributed by atoms with Gasteiger partial charge in [0, 0.05) is 41.5 Å². The number of benzene rings is 3. The van der Waals surface area contributed by atoms with Gasteiger partial charge >= 0.3 is 0 Å². The molecular weight excluding hydrogens is 642 g/mol. The molecule has 0 saturated carbocycles. The number of ether oxygens (including phenoxy) is 4. The van der Waals surface area contributed by atoms with E-state index in [-0.39, 0.29) is 23.7 Å². The maximum atomic E-state index is 14.3. The summed E-state index contributed by atoms with van der Waals surface area (Å²) in [4.78, 5) is 31.3. The molecule has 0 radical (unpaired) electrons. The van der Waals surface area contributed by atoms with E-state index in [2.05, 4.69) is 50.4 Å². The van der Waals surface area contributed by atoms with Crippen molar-refractivity contribution in [3.8, 4) is 11.5 Å². The Morgan fingerprint density at radius 3 is 2.47 bits per heavy atom. The Hall–Kier alpha value is -3.63. The van der Waals surface area contributed by atoms with Gasteiger partial charge in [0.05, 0.1) is 33.4 Å². The Balaban J connectivity index is 1.35. The number of halogens is 1. The molecule has 49 heavy (non-hydrogen) atoms. The summed E-state index contributed by atoms with van der Waals surface area (Å²) in [5.74, 6) is 0.701. The molecule has 2 aliphatic rings. The van der Waals surface area contributed by atoms with E-state index in [4.69, 9.17) is 30.5 Å². The fourth-order valence-electron chi connectivity index (χ4n) is 6.32. The van der Waals surface area contributed by atoms with Gasteiger partial charge in [-0.15, -0.1) is 0 Å². The van der Waals surface area contributed by atoms with E-state index < -0.39 is 12.2 Å². The summed E-state index contributed by atoms with van der Waals surface area (Å²) in [5, 5.41) is 4.02. The van der Waals surface area contributed by atoms with E-state index in [1.54, 1.807) is 23.0 Å². The number of carbonyl (C=O) groups is 2. The van der Waals surface area contributed by atoms with Crippen LogP contribution >= 0.6 is 11.6 Å². The van der Waals surface area contributed by atoms with Crippen LogP contribution in [-0.4, -0.2) is 82.5 Å². The molecule has 2 aliphatic heterocycles. The molecule has 264 valence electrons. The third-order valence-corrected chi connectivity index (χ3v) is 8.91. The van der Waals surface area contributed by atoms with Gasteiger partial charge in [0.15, 0.2) is 11.5 Å². The second-order valence-corrected chi connectivity index (χ2v) is 14.2. The number of hydrogen-bond acceptors (Lipinski definition) is 7. The number of aryl methyl sites for hydroxylation is 1. The minimum Gasteiger partial charge on any atom is -0.492 e. The van der Waals surface area contributed by atoms with Crippen LogP contribution in [0.4, 0.5) is 5.69 Å². The van der Waals surface area contributed by atoms with E-state index in [1.807, 2.05) is 36.4 Å². The Morgan fingerprint density at radius 1 is 0.980 bits per heavy atom. The first-order valence-electron chi connectivity index (χ1n) is 17.3. The summed E-state index contributed by atoms with van der Waals surface area (Å²) in [7, 11) is 1.60. The second kappa shape index (κ2) is 17.3. The molecule has 2 heterocycles. The third kappa shape index (κ3) is 9.97. The Morgan fingerprint density at radius 2 is 1.73 bits per heavy atom. The number of nitrogens with one attached hydrogen (secondary N) is 1. The van der Waals surface area contributed by atoms with Crippen molar-refractivity contribution in [2.75, 3.05) is 64.6 Å². The number of methoxy groups -OCH3 is 1. The van der Waals surface area contributed by atoms with E-state index in [0.29, 0.717) is 67.2 Å². The minimum atomic E-state index is -1.03. The van der Waals surface area contributed by atoms with Crippen LogP contribution in [-0.2, 0) is 25.5 Å². The van der Waals surface area contributed by atoms with E-state index in [9.17, 15) is 9.59 Å². The van der Waals surface area contributed by atoms with E-state index in [1.165, 1.54) is 5.56 Å². The Bertz CT molecular complexity index is 1540. The Kier molecular flexibility index (Phi) is 13.0. The van der Waals surface area contributed by atoms with Crippen molar-refractivity contribution in [1.82, 2.24) is 10.2 Å². The lowest BCUT2D eigenvalue weighted by Crippen LogP contribution is -2.47. The maximum Gasteiger partial charge on any atom is 0.256 e. The summed E-state index contributed by atoms with van der Waals surface area (Å²) in [6.07, 6.45) is 1.06. The SMILES string of the molecule is COc1c(OCCCNCCCc2ccccc2)cccc1[C@H]1O[C@H](CC(=O)N2CCOCC2)C(=O)N(CC(C)(C)C)c2ccc(Cl)cc21. The normalized spacial score (nSPS) is 18.2. The van der Waals surface area contributed by atoms with Crippen LogP contribution < -0.4 is 19.7 Å². The van der Waals surface area contributed by atoms with Gasteiger partial charge in [0.2, 0.25) is 5.91 Å². The summed E-state index contributed by atoms with van der Waals surface area (Å²) >= 11 is 6.59. The van der Waals surface area contributed by atoms with Crippen LogP contribution in [0.3, 0.4) is 0 Å². The average molecular weight is 692 g/mol. The number of amides is 2. The number of morpholine rings is 1. The van der Waals surface area contributed by atoms with Gasteiger partial charge in [-0.1, -0.05) is 74.8 Å². The van der Waals surface area contributed by atoms with Gasteiger partial charge < -0.3 is 34.1 Å². The highest BCUT2D eigenvalue weighted by atomic mass is 35.5. The zero-order valence-corrected chi connectivity index (χ0v) is 30.0. The molecule has 2 atom stereocenters. The molecule has 9 nitrogen and oxygen atoms in total. The van der Waals surface area contributed by atoms with Crippen LogP contribution in [0.15, 0.2) is 66.7 Å². The van der Waals surface area contributed by atoms with E-state index >= 15 is 0 Å². The lowest BCUT2D eigenvalue weighted by Gasteiger charge is -2.32. The van der Waals surface area contributed by atoms with Crippen LogP contribution in [0.25, 0.3) is 0 Å². The molecule has 0 bridgehead atoms. The minimum absolute atomic E-state index is 0.0887. The number of anilines is 1. The molecule has 5 rings (SSSR count). The van der Waals surface area contributed by atoms with E-state index in [0.717, 1.165) is 37.9 Å². The zero-order valence-electron chi connectivity index (χ0n) is 29.2. The van der Waals surface area contributed by atoms with Gasteiger partial charge in [-0.05, 0) is 67.6 Å². The van der Waals surface area contributed by atoms with Gasteiger partial charge in [-0.25, -0.2) is 0 Å². The number of hydrogen-bond donors (Lipinski definition) is 1. The molecule has 1 N–H and O–H groups in total. The quantitative estimate of drug-likeness (QED) is 0.194. The van der Waals surface area contributed by atoms with Crippen molar-refractivity contribution in [2.24, 2.45) is 5.41 Å². The highest BCUT2D eigenvalue weighted by Gasteiger charge is 2.40.